The summed E-state index contributed by atoms with van der Waals surface area (Å²) in [5.74, 6) is -1.78. The minimum atomic E-state index is -0.515. The normalized spacial score (nSPS) is 10.6. The zero-order valence-corrected chi connectivity index (χ0v) is 15.3. The van der Waals surface area contributed by atoms with Crippen LogP contribution in [-0.4, -0.2) is 21.6 Å². The molecule has 144 valence electrons. The van der Waals surface area contributed by atoms with Gasteiger partial charge < -0.3 is 10.6 Å². The first kappa shape index (κ1) is 19.2. The number of carbonyl (C=O) groups excluding carboxylic acids is 2. The van der Waals surface area contributed by atoms with Crippen LogP contribution >= 0.6 is 0 Å². The van der Waals surface area contributed by atoms with Gasteiger partial charge >= 0.3 is 0 Å². The molecule has 0 saturated carbocycles. The molecule has 0 saturated heterocycles. The fourth-order valence-electron chi connectivity index (χ4n) is 2.58. The fraction of sp³-hybridized carbons (Fsp3) is 0.150. The van der Waals surface area contributed by atoms with Crippen LogP contribution in [0.15, 0.2) is 48.5 Å². The number of halogens is 2. The smallest absolute Gasteiger partial charge is 0.273 e. The summed E-state index contributed by atoms with van der Waals surface area (Å²) in [7, 11) is 0. The first-order valence-corrected chi connectivity index (χ1v) is 8.49. The van der Waals surface area contributed by atoms with Crippen LogP contribution in [0.2, 0.25) is 0 Å². The van der Waals surface area contributed by atoms with E-state index < -0.39 is 23.4 Å². The highest BCUT2D eigenvalue weighted by molar-refractivity contribution is 6.03. The summed E-state index contributed by atoms with van der Waals surface area (Å²) < 4.78 is 27.9. The highest BCUT2D eigenvalue weighted by atomic mass is 19.1. The molecule has 0 aliphatic heterocycles. The molecule has 0 bridgehead atoms. The molecule has 3 aromatic rings. The molecule has 0 fully saturated rings. The van der Waals surface area contributed by atoms with Crippen LogP contribution in [0.25, 0.3) is 0 Å². The number of benzene rings is 2. The second-order valence-electron chi connectivity index (χ2n) is 6.30. The number of nitrogens with one attached hydrogen (secondary N) is 2. The number of hydrogen-bond donors (Lipinski definition) is 2. The van der Waals surface area contributed by atoms with Crippen molar-refractivity contribution in [1.29, 1.82) is 0 Å². The Labute approximate surface area is 160 Å². The van der Waals surface area contributed by atoms with Crippen molar-refractivity contribution in [2.75, 3.05) is 10.6 Å². The number of hydrogen-bond acceptors (Lipinski definition) is 3. The Morgan fingerprint density at radius 2 is 1.64 bits per heavy atom. The maximum absolute atomic E-state index is 13.7. The van der Waals surface area contributed by atoms with Crippen LogP contribution in [0.4, 0.5) is 20.2 Å². The molecule has 0 radical (unpaired) electrons. The highest BCUT2D eigenvalue weighted by Gasteiger charge is 2.17. The molecule has 0 atom stereocenters. The molecule has 0 spiro atoms. The minimum absolute atomic E-state index is 0.160. The van der Waals surface area contributed by atoms with Gasteiger partial charge in [-0.15, -0.1) is 0 Å². The zero-order valence-electron chi connectivity index (χ0n) is 15.3. The first-order chi connectivity index (χ1) is 13.3. The molecule has 2 N–H and O–H groups in total. The summed E-state index contributed by atoms with van der Waals surface area (Å²) in [6, 6.07) is 11.2. The fourth-order valence-corrected chi connectivity index (χ4v) is 2.58. The van der Waals surface area contributed by atoms with Gasteiger partial charge in [-0.2, -0.15) is 5.10 Å². The Bertz CT molecular complexity index is 1030. The Balaban J connectivity index is 1.72. The predicted molar refractivity (Wildman–Crippen MR) is 101 cm³/mol. The molecule has 1 heterocycles. The summed E-state index contributed by atoms with van der Waals surface area (Å²) in [5, 5.41) is 9.37. The van der Waals surface area contributed by atoms with E-state index in [4.69, 9.17) is 0 Å². The zero-order chi connectivity index (χ0) is 20.3. The molecular weight excluding hydrogens is 366 g/mol. The van der Waals surface area contributed by atoms with E-state index in [0.717, 1.165) is 0 Å². The minimum Gasteiger partial charge on any atom is -0.324 e. The summed E-state index contributed by atoms with van der Waals surface area (Å²) in [4.78, 5) is 24.8. The quantitative estimate of drug-likeness (QED) is 0.705. The van der Waals surface area contributed by atoms with E-state index in [1.807, 2.05) is 0 Å². The van der Waals surface area contributed by atoms with Gasteiger partial charge in [0.05, 0.1) is 5.69 Å². The van der Waals surface area contributed by atoms with Crippen LogP contribution in [0, 0.1) is 25.5 Å². The van der Waals surface area contributed by atoms with Gasteiger partial charge in [0.1, 0.15) is 23.9 Å². The van der Waals surface area contributed by atoms with Crippen molar-refractivity contribution >= 4 is 23.2 Å². The molecular formula is C20H18F2N4O2. The number of nitrogens with zero attached hydrogens (tertiary/aromatic N) is 2. The van der Waals surface area contributed by atoms with E-state index >= 15 is 0 Å². The Kier molecular flexibility index (Phi) is 5.49. The molecule has 8 heteroatoms. The standard InChI is InChI=1S/C20H18F2N4O2/c1-12-3-6-16(10-17(12)22)24-20(28)18-9-13(2)25-26(18)11-19(27)23-15-7-4-14(21)5-8-15/h3-10H,11H2,1-2H3,(H,23,27)(H,24,28). The predicted octanol–water partition coefficient (Wildman–Crippen LogP) is 3.67. The van der Waals surface area contributed by atoms with E-state index in [0.29, 0.717) is 22.6 Å². The molecule has 1 aromatic heterocycles. The number of amides is 2. The summed E-state index contributed by atoms with van der Waals surface area (Å²) in [6.07, 6.45) is 0. The van der Waals surface area contributed by atoms with Gasteiger partial charge in [0.15, 0.2) is 0 Å². The second kappa shape index (κ2) is 7.99. The molecule has 6 nitrogen and oxygen atoms in total. The maximum atomic E-state index is 13.7. The van der Waals surface area contributed by atoms with Crippen LogP contribution in [0.5, 0.6) is 0 Å². The van der Waals surface area contributed by atoms with E-state index in [2.05, 4.69) is 15.7 Å². The van der Waals surface area contributed by atoms with Gasteiger partial charge in [-0.3, -0.25) is 14.3 Å². The van der Waals surface area contributed by atoms with Gasteiger partial charge in [-0.1, -0.05) is 6.07 Å². The number of aromatic nitrogens is 2. The van der Waals surface area contributed by atoms with Crippen LogP contribution in [0.1, 0.15) is 21.7 Å². The monoisotopic (exact) mass is 384 g/mol. The molecule has 2 amide bonds. The summed E-state index contributed by atoms with van der Waals surface area (Å²) in [6.45, 7) is 3.10. The molecule has 3 rings (SSSR count). The van der Waals surface area contributed by atoms with E-state index in [1.54, 1.807) is 26.0 Å². The van der Waals surface area contributed by atoms with Gasteiger partial charge in [0.25, 0.3) is 5.91 Å². The van der Waals surface area contributed by atoms with Gasteiger partial charge in [-0.25, -0.2) is 8.78 Å². The first-order valence-electron chi connectivity index (χ1n) is 8.49. The van der Waals surface area contributed by atoms with Crippen molar-refractivity contribution in [2.24, 2.45) is 0 Å². The van der Waals surface area contributed by atoms with Gasteiger partial charge in [-0.05, 0) is 61.9 Å². The van der Waals surface area contributed by atoms with Crippen molar-refractivity contribution in [1.82, 2.24) is 9.78 Å². The molecule has 28 heavy (non-hydrogen) atoms. The number of anilines is 2. The number of rotatable bonds is 5. The van der Waals surface area contributed by atoms with Crippen LogP contribution < -0.4 is 10.6 Å². The average molecular weight is 384 g/mol. The van der Waals surface area contributed by atoms with Gasteiger partial charge in [0, 0.05) is 11.4 Å². The lowest BCUT2D eigenvalue weighted by Crippen LogP contribution is -2.24. The Morgan fingerprint density at radius 1 is 0.964 bits per heavy atom. The lowest BCUT2D eigenvalue weighted by Gasteiger charge is -2.10. The number of carbonyl (C=O) groups is 2. The topological polar surface area (TPSA) is 76.0 Å². The lowest BCUT2D eigenvalue weighted by atomic mass is 10.2. The third-order valence-electron chi connectivity index (χ3n) is 3.99. The number of aryl methyl sites for hydroxylation is 2. The third kappa shape index (κ3) is 4.59. The van der Waals surface area contributed by atoms with Crippen molar-refractivity contribution in [3.05, 3.63) is 77.1 Å². The second-order valence-corrected chi connectivity index (χ2v) is 6.30. The van der Waals surface area contributed by atoms with E-state index in [1.165, 1.54) is 41.1 Å². The van der Waals surface area contributed by atoms with Crippen molar-refractivity contribution < 1.29 is 18.4 Å². The van der Waals surface area contributed by atoms with Crippen molar-refractivity contribution in [3.63, 3.8) is 0 Å². The Hall–Kier alpha value is -3.55. The molecule has 0 unspecified atom stereocenters. The molecule has 0 aliphatic rings. The molecule has 2 aromatic carbocycles. The largest absolute Gasteiger partial charge is 0.324 e. The lowest BCUT2D eigenvalue weighted by molar-refractivity contribution is -0.116. The summed E-state index contributed by atoms with van der Waals surface area (Å²) >= 11 is 0. The maximum Gasteiger partial charge on any atom is 0.273 e. The van der Waals surface area contributed by atoms with Crippen molar-refractivity contribution in [2.45, 2.75) is 20.4 Å². The Morgan fingerprint density at radius 3 is 2.32 bits per heavy atom. The summed E-state index contributed by atoms with van der Waals surface area (Å²) in [5.41, 5.74) is 1.91. The van der Waals surface area contributed by atoms with Crippen LogP contribution in [0.3, 0.4) is 0 Å². The average Bonchev–Trinajstić information content (AvgIpc) is 3.00. The third-order valence-corrected chi connectivity index (χ3v) is 3.99. The highest BCUT2D eigenvalue weighted by Crippen LogP contribution is 2.15. The SMILES string of the molecule is Cc1cc(C(=O)Nc2ccc(C)c(F)c2)n(CC(=O)Nc2ccc(F)cc2)n1. The molecule has 0 aliphatic carbocycles. The van der Waals surface area contributed by atoms with Crippen molar-refractivity contribution in [3.8, 4) is 0 Å². The van der Waals surface area contributed by atoms with E-state index in [-0.39, 0.29) is 12.2 Å². The van der Waals surface area contributed by atoms with Crippen LogP contribution in [-0.2, 0) is 11.3 Å². The van der Waals surface area contributed by atoms with Gasteiger partial charge in [0.2, 0.25) is 5.91 Å². The van der Waals surface area contributed by atoms with E-state index in [9.17, 15) is 18.4 Å².